The van der Waals surface area contributed by atoms with Crippen molar-refractivity contribution in [3.05, 3.63) is 0 Å². The van der Waals surface area contributed by atoms with Gasteiger partial charge in [-0.05, 0) is 19.3 Å². The second-order valence-corrected chi connectivity index (χ2v) is 4.43. The highest BCUT2D eigenvalue weighted by molar-refractivity contribution is 9.09. The SMILES string of the molecule is COC1CCN(C(=O)CCCCBr)C1. The summed E-state index contributed by atoms with van der Waals surface area (Å²) >= 11 is 3.36. The van der Waals surface area contributed by atoms with Gasteiger partial charge in [-0.1, -0.05) is 15.9 Å². The van der Waals surface area contributed by atoms with Crippen molar-refractivity contribution < 1.29 is 9.53 Å². The molecule has 1 fully saturated rings. The van der Waals surface area contributed by atoms with E-state index in [9.17, 15) is 4.79 Å². The lowest BCUT2D eigenvalue weighted by Gasteiger charge is -2.15. The standard InChI is InChI=1S/C10H18BrNO2/c1-14-9-5-7-12(8-9)10(13)4-2-3-6-11/h9H,2-8H2,1H3. The van der Waals surface area contributed by atoms with Gasteiger partial charge in [0.25, 0.3) is 0 Å². The fraction of sp³-hybridized carbons (Fsp3) is 0.900. The molecule has 1 aliphatic rings. The van der Waals surface area contributed by atoms with E-state index in [-0.39, 0.29) is 12.0 Å². The third-order valence-corrected chi connectivity index (χ3v) is 3.17. The number of nitrogens with zero attached hydrogens (tertiary/aromatic N) is 1. The lowest BCUT2D eigenvalue weighted by Crippen LogP contribution is -2.29. The maximum Gasteiger partial charge on any atom is 0.222 e. The number of likely N-dealkylation sites (tertiary alicyclic amines) is 1. The summed E-state index contributed by atoms with van der Waals surface area (Å²) in [7, 11) is 1.71. The zero-order valence-electron chi connectivity index (χ0n) is 8.67. The quantitative estimate of drug-likeness (QED) is 0.559. The Morgan fingerprint density at radius 3 is 2.93 bits per heavy atom. The summed E-state index contributed by atoms with van der Waals surface area (Å²) in [6, 6.07) is 0. The molecule has 0 bridgehead atoms. The predicted molar refractivity (Wildman–Crippen MR) is 59.6 cm³/mol. The number of alkyl halides is 1. The molecule has 0 aromatic heterocycles. The van der Waals surface area contributed by atoms with Crippen molar-refractivity contribution in [2.75, 3.05) is 25.5 Å². The topological polar surface area (TPSA) is 29.5 Å². The Labute approximate surface area is 93.9 Å². The molecular weight excluding hydrogens is 246 g/mol. The van der Waals surface area contributed by atoms with Crippen LogP contribution < -0.4 is 0 Å². The van der Waals surface area contributed by atoms with Crippen LogP contribution in [-0.4, -0.2) is 42.4 Å². The van der Waals surface area contributed by atoms with Crippen molar-refractivity contribution >= 4 is 21.8 Å². The fourth-order valence-corrected chi connectivity index (χ4v) is 2.07. The largest absolute Gasteiger partial charge is 0.380 e. The van der Waals surface area contributed by atoms with E-state index >= 15 is 0 Å². The van der Waals surface area contributed by atoms with Gasteiger partial charge in [0.1, 0.15) is 0 Å². The van der Waals surface area contributed by atoms with Crippen LogP contribution in [0.15, 0.2) is 0 Å². The number of hydrogen-bond acceptors (Lipinski definition) is 2. The fourth-order valence-electron chi connectivity index (χ4n) is 1.68. The molecule has 0 aromatic rings. The molecule has 0 aromatic carbocycles. The van der Waals surface area contributed by atoms with Gasteiger partial charge in [-0.3, -0.25) is 4.79 Å². The maximum absolute atomic E-state index is 11.6. The Morgan fingerprint density at radius 2 is 2.36 bits per heavy atom. The van der Waals surface area contributed by atoms with E-state index in [4.69, 9.17) is 4.74 Å². The Balaban J connectivity index is 2.18. The van der Waals surface area contributed by atoms with Crippen molar-refractivity contribution in [3.8, 4) is 0 Å². The Hall–Kier alpha value is -0.0900. The Kier molecular flexibility index (Phi) is 5.48. The van der Waals surface area contributed by atoms with Gasteiger partial charge in [0, 0.05) is 32.0 Å². The lowest BCUT2D eigenvalue weighted by molar-refractivity contribution is -0.130. The maximum atomic E-state index is 11.6. The molecular formula is C10H18BrNO2. The first kappa shape index (κ1) is 12.0. The molecule has 3 nitrogen and oxygen atoms in total. The minimum atomic E-state index is 0.259. The highest BCUT2D eigenvalue weighted by atomic mass is 79.9. The summed E-state index contributed by atoms with van der Waals surface area (Å²) in [6.45, 7) is 1.65. The highest BCUT2D eigenvalue weighted by Gasteiger charge is 2.25. The molecule has 0 aliphatic carbocycles. The molecule has 4 heteroatoms. The van der Waals surface area contributed by atoms with Crippen LogP contribution in [0.4, 0.5) is 0 Å². The summed E-state index contributed by atoms with van der Waals surface area (Å²) in [5.74, 6) is 0.283. The van der Waals surface area contributed by atoms with Crippen LogP contribution in [-0.2, 0) is 9.53 Å². The average molecular weight is 264 g/mol. The van der Waals surface area contributed by atoms with E-state index in [1.807, 2.05) is 4.90 Å². The first-order valence-electron chi connectivity index (χ1n) is 5.14. The second-order valence-electron chi connectivity index (χ2n) is 3.63. The smallest absolute Gasteiger partial charge is 0.222 e. The first-order chi connectivity index (χ1) is 6.77. The molecule has 0 saturated carbocycles. The molecule has 0 radical (unpaired) electrons. The number of unbranched alkanes of at least 4 members (excludes halogenated alkanes) is 1. The number of carbonyl (C=O) groups is 1. The average Bonchev–Trinajstić information content (AvgIpc) is 2.66. The lowest BCUT2D eigenvalue weighted by atomic mass is 10.2. The summed E-state index contributed by atoms with van der Waals surface area (Å²) in [5.41, 5.74) is 0. The van der Waals surface area contributed by atoms with Gasteiger partial charge in [0.2, 0.25) is 5.91 Å². The van der Waals surface area contributed by atoms with Crippen LogP contribution in [0.1, 0.15) is 25.7 Å². The zero-order valence-corrected chi connectivity index (χ0v) is 10.3. The van der Waals surface area contributed by atoms with Crippen molar-refractivity contribution in [3.63, 3.8) is 0 Å². The van der Waals surface area contributed by atoms with Gasteiger partial charge in [-0.15, -0.1) is 0 Å². The van der Waals surface area contributed by atoms with Crippen molar-refractivity contribution in [1.82, 2.24) is 4.90 Å². The summed E-state index contributed by atoms with van der Waals surface area (Å²) in [4.78, 5) is 13.6. The molecule has 1 atom stereocenters. The third kappa shape index (κ3) is 3.58. The Bertz CT molecular complexity index is 187. The van der Waals surface area contributed by atoms with E-state index in [1.165, 1.54) is 0 Å². The van der Waals surface area contributed by atoms with Crippen molar-refractivity contribution in [1.29, 1.82) is 0 Å². The zero-order chi connectivity index (χ0) is 10.4. The minimum Gasteiger partial charge on any atom is -0.380 e. The molecule has 1 unspecified atom stereocenters. The minimum absolute atomic E-state index is 0.259. The van der Waals surface area contributed by atoms with E-state index in [2.05, 4.69) is 15.9 Å². The van der Waals surface area contributed by atoms with Crippen molar-refractivity contribution in [2.45, 2.75) is 31.8 Å². The Morgan fingerprint density at radius 1 is 1.57 bits per heavy atom. The van der Waals surface area contributed by atoms with E-state index in [1.54, 1.807) is 7.11 Å². The van der Waals surface area contributed by atoms with Crippen LogP contribution in [0.25, 0.3) is 0 Å². The number of methoxy groups -OCH3 is 1. The van der Waals surface area contributed by atoms with Crippen LogP contribution in [0.2, 0.25) is 0 Å². The summed E-state index contributed by atoms with van der Waals surface area (Å²) in [5, 5.41) is 0.987. The molecule has 0 N–H and O–H groups in total. The normalized spacial score (nSPS) is 21.6. The first-order valence-corrected chi connectivity index (χ1v) is 6.26. The molecule has 1 heterocycles. The summed E-state index contributed by atoms with van der Waals surface area (Å²) in [6.07, 6.45) is 3.99. The molecule has 1 rings (SSSR count). The number of halogens is 1. The van der Waals surface area contributed by atoms with Crippen LogP contribution in [0.3, 0.4) is 0 Å². The number of ether oxygens (including phenoxy) is 1. The van der Waals surface area contributed by atoms with Gasteiger partial charge < -0.3 is 9.64 Å². The van der Waals surface area contributed by atoms with Gasteiger partial charge in [0.05, 0.1) is 6.10 Å². The molecule has 1 aliphatic heterocycles. The number of amides is 1. The van der Waals surface area contributed by atoms with Gasteiger partial charge in [0.15, 0.2) is 0 Å². The number of hydrogen-bond donors (Lipinski definition) is 0. The van der Waals surface area contributed by atoms with E-state index in [0.29, 0.717) is 6.42 Å². The van der Waals surface area contributed by atoms with Gasteiger partial charge in [-0.2, -0.15) is 0 Å². The molecule has 1 saturated heterocycles. The van der Waals surface area contributed by atoms with E-state index < -0.39 is 0 Å². The third-order valence-electron chi connectivity index (χ3n) is 2.61. The van der Waals surface area contributed by atoms with Crippen LogP contribution in [0.5, 0.6) is 0 Å². The van der Waals surface area contributed by atoms with Crippen molar-refractivity contribution in [2.24, 2.45) is 0 Å². The predicted octanol–water partition coefficient (Wildman–Crippen LogP) is 1.80. The molecule has 82 valence electrons. The van der Waals surface area contributed by atoms with Gasteiger partial charge in [-0.25, -0.2) is 0 Å². The monoisotopic (exact) mass is 263 g/mol. The van der Waals surface area contributed by atoms with Crippen LogP contribution >= 0.6 is 15.9 Å². The molecule has 0 spiro atoms. The number of rotatable bonds is 5. The highest BCUT2D eigenvalue weighted by Crippen LogP contribution is 2.13. The number of carbonyl (C=O) groups excluding carboxylic acids is 1. The molecule has 14 heavy (non-hydrogen) atoms. The van der Waals surface area contributed by atoms with Gasteiger partial charge >= 0.3 is 0 Å². The second kappa shape index (κ2) is 6.40. The molecule has 1 amide bonds. The summed E-state index contributed by atoms with van der Waals surface area (Å²) < 4.78 is 5.22. The van der Waals surface area contributed by atoms with Crippen LogP contribution in [0, 0.1) is 0 Å². The van der Waals surface area contributed by atoms with E-state index in [0.717, 1.165) is 37.7 Å².